The zero-order valence-corrected chi connectivity index (χ0v) is 93.7. The number of rotatable bonds is 22. The molecule has 0 radical (unpaired) electrons. The number of likely N-dealkylation sites (N-methyl/N-ethyl adjacent to an activating group) is 1. The van der Waals surface area contributed by atoms with Crippen molar-refractivity contribution in [1.82, 2.24) is 120 Å². The number of amides is 3. The maximum atomic E-state index is 12.0. The summed E-state index contributed by atoms with van der Waals surface area (Å²) < 4.78 is 7.10. The highest BCUT2D eigenvalue weighted by atomic mass is 32.1. The van der Waals surface area contributed by atoms with Crippen molar-refractivity contribution in [2.45, 2.75) is 283 Å². The number of carbonyl (C=O) groups excluding carboxylic acids is 4. The number of aromatic nitrogens is 21. The van der Waals surface area contributed by atoms with Gasteiger partial charge in [0, 0.05) is 200 Å². The number of H-pyrrole nitrogens is 1. The molecule has 3 aliphatic rings. The Kier molecular flexibility index (Phi) is 53.2. The fraction of sp³-hybridized carbons (Fsp3) is 0.487. The van der Waals surface area contributed by atoms with Crippen LogP contribution in [0.25, 0.3) is 21.6 Å². The fourth-order valence-corrected chi connectivity index (χ4v) is 14.6. The molecule has 1 aromatic carbocycles. The van der Waals surface area contributed by atoms with E-state index in [-0.39, 0.29) is 49.0 Å². The Balaban J connectivity index is 0.000000252. The van der Waals surface area contributed by atoms with E-state index < -0.39 is 0 Å². The Bertz CT molecular complexity index is 6200. The van der Waals surface area contributed by atoms with Crippen molar-refractivity contribution >= 4 is 51.0 Å². The summed E-state index contributed by atoms with van der Waals surface area (Å²) in [5, 5.41) is 48.5. The van der Waals surface area contributed by atoms with E-state index in [0.29, 0.717) is 119 Å². The number of aromatic amines is 1. The molecule has 13 aromatic rings. The number of hydrogen-bond acceptors (Lipinski definition) is 31. The number of piperazine rings is 1. The van der Waals surface area contributed by atoms with Crippen LogP contribution in [0.15, 0.2) is 172 Å². The van der Waals surface area contributed by atoms with Crippen LogP contribution in [0.4, 0.5) is 5.95 Å². The van der Waals surface area contributed by atoms with Gasteiger partial charge < -0.3 is 35.0 Å². The van der Waals surface area contributed by atoms with Gasteiger partial charge in [-0.25, -0.2) is 59.8 Å². The number of nitrogens with two attached hydrogens (primary N) is 1. The highest BCUT2D eigenvalue weighted by Gasteiger charge is 2.32. The molecule has 796 valence electrons. The number of hydrogen-bond donors (Lipinski definition) is 3. The highest BCUT2D eigenvalue weighted by molar-refractivity contribution is 7.18. The van der Waals surface area contributed by atoms with E-state index in [2.05, 4.69) is 300 Å². The number of carbonyl (C=O) groups is 4. The minimum Gasteiger partial charge on any atom is -0.377 e. The predicted molar refractivity (Wildman–Crippen MR) is 586 cm³/mol. The summed E-state index contributed by atoms with van der Waals surface area (Å²) in [4.78, 5) is 115. The molecule has 0 aliphatic carbocycles. The van der Waals surface area contributed by atoms with E-state index in [9.17, 15) is 19.2 Å². The number of likely N-dealkylation sites (tertiary alicyclic amines) is 2. The summed E-state index contributed by atoms with van der Waals surface area (Å²) in [6.45, 7) is 60.3. The molecule has 15 heterocycles. The van der Waals surface area contributed by atoms with Gasteiger partial charge in [0.25, 0.3) is 0 Å². The molecule has 3 aliphatic heterocycles. The molecule has 35 nitrogen and oxygen atoms in total. The lowest BCUT2D eigenvalue weighted by Gasteiger charge is -2.42. The Morgan fingerprint density at radius 1 is 0.497 bits per heavy atom. The normalized spacial score (nSPS) is 13.0. The number of anilines is 1. The average Bonchev–Trinajstić information content (AvgIpc) is 1.05. The molecular formula is C113H158N29O6S+. The topological polar surface area (TPSA) is 452 Å². The fourth-order valence-electron chi connectivity index (χ4n) is 13.8. The van der Waals surface area contributed by atoms with Crippen molar-refractivity contribution in [3.63, 3.8) is 0 Å². The van der Waals surface area contributed by atoms with Crippen LogP contribution in [-0.2, 0) is 43.2 Å². The first-order chi connectivity index (χ1) is 70.8. The number of tetrazole rings is 1. The Morgan fingerprint density at radius 2 is 0.966 bits per heavy atom. The second-order valence-corrected chi connectivity index (χ2v) is 41.5. The van der Waals surface area contributed by atoms with E-state index in [4.69, 9.17) is 26.2 Å². The van der Waals surface area contributed by atoms with Gasteiger partial charge in [0.1, 0.15) is 47.7 Å². The van der Waals surface area contributed by atoms with Gasteiger partial charge in [-0.1, -0.05) is 164 Å². The lowest BCUT2D eigenvalue weighted by molar-refractivity contribution is -0.905. The van der Waals surface area contributed by atoms with Crippen LogP contribution in [-0.4, -0.2) is 241 Å². The monoisotopic (exact) mass is 2050 g/mol. The number of fused-ring (bicyclic) bond motifs is 1. The molecule has 0 spiro atoms. The summed E-state index contributed by atoms with van der Waals surface area (Å²) >= 11 is 1.76. The first-order valence-corrected chi connectivity index (χ1v) is 51.8. The van der Waals surface area contributed by atoms with Gasteiger partial charge in [0.15, 0.2) is 5.78 Å². The number of nitrogens with one attached hydrogen (secondary N) is 1. The average molecular weight is 2050 g/mol. The molecular weight excluding hydrogens is 1890 g/mol. The van der Waals surface area contributed by atoms with Gasteiger partial charge >= 0.3 is 0 Å². The van der Waals surface area contributed by atoms with Crippen molar-refractivity contribution in [1.29, 1.82) is 10.5 Å². The van der Waals surface area contributed by atoms with Gasteiger partial charge in [0.2, 0.25) is 41.9 Å². The third-order valence-corrected chi connectivity index (χ3v) is 25.1. The number of ether oxygens (including phenoxy) is 1. The Hall–Kier alpha value is -14.2. The van der Waals surface area contributed by atoms with Gasteiger partial charge in [-0.05, 0) is 209 Å². The molecule has 3 amide bonds. The van der Waals surface area contributed by atoms with Crippen molar-refractivity contribution < 1.29 is 33.9 Å². The predicted octanol–water partition coefficient (Wildman–Crippen LogP) is 18.7. The number of nitrogens with zero attached hydrogens (tertiary/aromatic N) is 27. The van der Waals surface area contributed by atoms with Crippen molar-refractivity contribution in [2.24, 2.45) is 5.73 Å². The molecule has 16 rings (SSSR count). The maximum absolute atomic E-state index is 12.0. The molecule has 1 atom stereocenters. The Labute approximate surface area is 886 Å². The Morgan fingerprint density at radius 3 is 1.38 bits per heavy atom. The quantitative estimate of drug-likeness (QED) is 0.0419. The van der Waals surface area contributed by atoms with Crippen LogP contribution in [0, 0.1) is 43.4 Å². The van der Waals surface area contributed by atoms with Crippen molar-refractivity contribution in [3.8, 4) is 23.5 Å². The minimum atomic E-state index is -0.00482. The van der Waals surface area contributed by atoms with Crippen LogP contribution in [0.5, 0.6) is 0 Å². The van der Waals surface area contributed by atoms with E-state index in [1.807, 2.05) is 118 Å². The first kappa shape index (κ1) is 123. The summed E-state index contributed by atoms with van der Waals surface area (Å²) in [7, 11) is 5.58. The minimum absolute atomic E-state index is 0.00482. The zero-order valence-electron chi connectivity index (χ0n) is 92.9. The van der Waals surface area contributed by atoms with E-state index in [1.165, 1.54) is 39.6 Å². The van der Waals surface area contributed by atoms with E-state index >= 15 is 0 Å². The third-order valence-electron chi connectivity index (χ3n) is 24.2. The summed E-state index contributed by atoms with van der Waals surface area (Å²) in [6, 6.07) is 23.0. The van der Waals surface area contributed by atoms with E-state index in [1.54, 1.807) is 97.5 Å². The molecule has 149 heavy (non-hydrogen) atoms. The smallest absolute Gasteiger partial charge is 0.230 e. The van der Waals surface area contributed by atoms with Crippen LogP contribution in [0.3, 0.4) is 0 Å². The molecule has 3 fully saturated rings. The van der Waals surface area contributed by atoms with Crippen LogP contribution >= 0.6 is 11.3 Å². The third kappa shape index (κ3) is 44.4. The van der Waals surface area contributed by atoms with Gasteiger partial charge in [-0.15, -0.1) is 21.5 Å². The summed E-state index contributed by atoms with van der Waals surface area (Å²) in [5.41, 5.74) is 22.8. The van der Waals surface area contributed by atoms with Crippen molar-refractivity contribution in [2.75, 3.05) is 85.1 Å². The molecule has 3 saturated heterocycles. The molecule has 0 unspecified atom stereocenters. The second-order valence-electron chi connectivity index (χ2n) is 40.2. The molecule has 36 heteroatoms. The number of pyridine rings is 4. The number of methoxy groups -OCH3 is 1. The zero-order chi connectivity index (χ0) is 110. The first-order valence-electron chi connectivity index (χ1n) is 51.0. The van der Waals surface area contributed by atoms with Crippen LogP contribution in [0.1, 0.15) is 337 Å². The second kappa shape index (κ2) is 64.1. The van der Waals surface area contributed by atoms with Crippen LogP contribution < -0.4 is 15.4 Å². The highest BCUT2D eigenvalue weighted by Crippen LogP contribution is 2.28. The lowest BCUT2D eigenvalue weighted by Crippen LogP contribution is -2.59. The molecule has 4 N–H and O–H groups in total. The number of benzene rings is 1. The largest absolute Gasteiger partial charge is 0.377 e. The number of aryl methyl sites for hydroxylation is 3. The standard InChI is InChI=1S/C14H22N4O.2C13H20N4O.C11H16N2O2.C11H13NS.C10H12N2.C9H11N5.C9H10N2.C8H12N2.C8H12NO.C7H10N2/c1-10(2)11-6-15-13(16-7-11)5-14(19)18-8-12(9-18)17(3)4;1-10(2)12-8-14-13(15-9-12)17-6-4-16(5-7-17)11(3)18;1-9(2)10-6-15-12(16-7-10)5-13(18)17-4-3-11(14)8-17;1-8(2)9-5-12-11(13-6-9)4-10(14)7-15-3;1-7(2)9-4-5-11-10(6-9)12-8(3)13-11;1-7(2)9-4-8(3)10(5-11)12-6-9;1-6(2)7-3-8(5-10-4-7)9-11-13-14-12-9;1-7(2)9-3-8(4-10)5-11-6-9;1-6(2)8-4-9-7(3)10-5-8;1-7(2)8-4-3-5-9(10)6-8;1-6(2)7-3-4-8-9-5-7/h6-7,10,12H,5,8-9H2,1-4H3;8-10H,4-7H2,1-3H3;6-7,9,11H,3-5,8,14H2,1-2H3;5-6,8H,4,7H2,1-3H3;4-7H,1-3H3;4,6-7H,1-3H3;3-6H,1-2H3,(H,11,12,13,14);3,5-7H,1-2H3;4-6H,1-3H3;3-7,10H,1-2H3;3-6H,1-2H3/q;;;;;;;;;+1;/t;;11-;;;;;;;;/m..0......../s1. The van der Waals surface area contributed by atoms with Gasteiger partial charge in [-0.3, -0.25) is 34.4 Å². The molecule has 12 aromatic heterocycles. The molecule has 0 saturated carbocycles. The van der Waals surface area contributed by atoms with Gasteiger partial charge in [0.05, 0.1) is 46.2 Å². The van der Waals surface area contributed by atoms with E-state index in [0.717, 1.165) is 124 Å². The number of nitriles is 2. The summed E-state index contributed by atoms with van der Waals surface area (Å²) in [5.74, 6) is 9.48. The van der Waals surface area contributed by atoms with Crippen LogP contribution in [0.2, 0.25) is 0 Å². The van der Waals surface area contributed by atoms with Crippen molar-refractivity contribution in [3.05, 3.63) is 279 Å². The summed E-state index contributed by atoms with van der Waals surface area (Å²) in [6.07, 6.45) is 35.6. The number of ketones is 1. The molecule has 0 bridgehead atoms. The van der Waals surface area contributed by atoms with Gasteiger partial charge in [-0.2, -0.15) is 25.9 Å². The lowest BCUT2D eigenvalue weighted by atomic mass is 10.0. The number of thiazole rings is 1. The number of Topliss-reactive ketones (excluding diaryl/α,β-unsaturated/α-hetero) is 1. The maximum Gasteiger partial charge on any atom is 0.230 e. The SMILES string of the molecule is CC(=O)N1CCN(c2ncc(C(C)C)cn2)CC1.CC(C)c1ccc[n+](O)c1.CC(C)c1ccnnc1.CC(C)c1cnc(CC(=O)N2CC(N(C)C)C2)nc1.CC(C)c1cnc(CC(=O)N2CC[C@H](N)C2)nc1.CC(C)c1cncc(-c2nn[nH]n2)c1.CC(C)c1cncc(C#N)c1.COCC(=O)Cc1ncc(C(C)C)cn1.Cc1cc(C(C)C)cnc1C#N.Cc1nc2cc(C(C)C)ccc2s1.Cc1ncc(C(C)C)cn1.